The van der Waals surface area contributed by atoms with Gasteiger partial charge in [-0.05, 0) is 47.0 Å². The number of nitrogen functional groups attached to an aromatic ring is 1. The molecule has 0 radical (unpaired) electrons. The average molecular weight is 477 g/mol. The molecule has 3 aromatic heterocycles. The lowest BCUT2D eigenvalue weighted by Gasteiger charge is -2.08. The lowest BCUT2D eigenvalue weighted by atomic mass is 10.0. The molecule has 0 atom stereocenters. The first kappa shape index (κ1) is 22.9. The van der Waals surface area contributed by atoms with Gasteiger partial charge >= 0.3 is 0 Å². The molecule has 0 aliphatic rings. The molecule has 2 aromatic carbocycles. The number of nitrogens with two attached hydrogens (primary N) is 1. The van der Waals surface area contributed by atoms with Crippen molar-refractivity contribution in [3.05, 3.63) is 129 Å². The van der Waals surface area contributed by atoms with Crippen LogP contribution in [0.3, 0.4) is 0 Å². The summed E-state index contributed by atoms with van der Waals surface area (Å²) in [5.41, 5.74) is 11.7. The van der Waals surface area contributed by atoms with E-state index in [4.69, 9.17) is 5.73 Å². The first-order valence-electron chi connectivity index (χ1n) is 11.5. The summed E-state index contributed by atoms with van der Waals surface area (Å²) < 4.78 is 0. The molecule has 0 fully saturated rings. The van der Waals surface area contributed by atoms with Gasteiger partial charge in [0.05, 0.1) is 5.52 Å². The van der Waals surface area contributed by atoms with Gasteiger partial charge in [0.25, 0.3) is 11.5 Å². The van der Waals surface area contributed by atoms with Gasteiger partial charge in [-0.2, -0.15) is 0 Å². The van der Waals surface area contributed by atoms with E-state index in [9.17, 15) is 9.59 Å². The van der Waals surface area contributed by atoms with Gasteiger partial charge in [-0.1, -0.05) is 36.4 Å². The smallest absolute Gasteiger partial charge is 0.251 e. The SMILES string of the molecule is Nc1ncnc2cc(CNC(=O)c3ccnc(Cc4ccc(Cc5ccc[nH]c5=O)cc4)c3)ccc12. The molecule has 3 heterocycles. The highest BCUT2D eigenvalue weighted by Gasteiger charge is 2.09. The van der Waals surface area contributed by atoms with Crippen molar-refractivity contribution >= 4 is 22.6 Å². The van der Waals surface area contributed by atoms with Crippen LogP contribution in [-0.4, -0.2) is 25.8 Å². The van der Waals surface area contributed by atoms with E-state index in [0.29, 0.717) is 30.8 Å². The van der Waals surface area contributed by atoms with Crippen LogP contribution < -0.4 is 16.6 Å². The van der Waals surface area contributed by atoms with Crippen LogP contribution >= 0.6 is 0 Å². The maximum absolute atomic E-state index is 12.8. The van der Waals surface area contributed by atoms with E-state index >= 15 is 0 Å². The Hall–Kier alpha value is -4.85. The number of hydrogen-bond acceptors (Lipinski definition) is 6. The first-order chi connectivity index (χ1) is 17.5. The molecule has 5 rings (SSSR count). The largest absolute Gasteiger partial charge is 0.383 e. The lowest BCUT2D eigenvalue weighted by Crippen LogP contribution is -2.23. The number of benzene rings is 2. The molecule has 8 heteroatoms. The Bertz CT molecular complexity index is 1590. The number of hydrogen-bond donors (Lipinski definition) is 3. The number of pyridine rings is 2. The Morgan fingerprint density at radius 3 is 2.47 bits per heavy atom. The van der Waals surface area contributed by atoms with E-state index in [-0.39, 0.29) is 11.5 Å². The normalized spacial score (nSPS) is 10.9. The molecule has 0 bridgehead atoms. The number of carbonyl (C=O) groups excluding carboxylic acids is 1. The van der Waals surface area contributed by atoms with Gasteiger partial charge in [-0.3, -0.25) is 14.6 Å². The predicted octanol–water partition coefficient (Wildman–Crippen LogP) is 3.41. The summed E-state index contributed by atoms with van der Waals surface area (Å²) in [5.74, 6) is 0.255. The number of amides is 1. The van der Waals surface area contributed by atoms with Gasteiger partial charge in [-0.15, -0.1) is 0 Å². The van der Waals surface area contributed by atoms with Crippen molar-refractivity contribution in [3.63, 3.8) is 0 Å². The van der Waals surface area contributed by atoms with Crippen molar-refractivity contribution in [2.75, 3.05) is 5.73 Å². The second-order valence-corrected chi connectivity index (χ2v) is 8.52. The Morgan fingerprint density at radius 2 is 1.67 bits per heavy atom. The van der Waals surface area contributed by atoms with Crippen LogP contribution in [0.1, 0.15) is 38.3 Å². The summed E-state index contributed by atoms with van der Waals surface area (Å²) in [6, 6.07) is 20.9. The van der Waals surface area contributed by atoms with E-state index in [1.165, 1.54) is 6.33 Å². The van der Waals surface area contributed by atoms with Gasteiger partial charge in [0.1, 0.15) is 12.1 Å². The standard InChI is InChI=1S/C28H24N6O2/c29-26-24-8-7-20(14-25(24)33-17-34-26)16-32-28(36)22-9-11-30-23(15-22)13-19-5-3-18(4-6-19)12-21-2-1-10-31-27(21)35/h1-11,14-15,17H,12-13,16H2,(H,31,35)(H,32,36)(H2,29,33,34). The third-order valence-electron chi connectivity index (χ3n) is 5.97. The van der Waals surface area contributed by atoms with Crippen molar-refractivity contribution in [3.8, 4) is 0 Å². The summed E-state index contributed by atoms with van der Waals surface area (Å²) >= 11 is 0. The molecule has 36 heavy (non-hydrogen) atoms. The highest BCUT2D eigenvalue weighted by Crippen LogP contribution is 2.18. The monoisotopic (exact) mass is 476 g/mol. The average Bonchev–Trinajstić information content (AvgIpc) is 2.90. The predicted molar refractivity (Wildman–Crippen MR) is 138 cm³/mol. The zero-order chi connectivity index (χ0) is 24.9. The summed E-state index contributed by atoms with van der Waals surface area (Å²) in [6.45, 7) is 0.363. The summed E-state index contributed by atoms with van der Waals surface area (Å²) in [4.78, 5) is 40.0. The third-order valence-corrected chi connectivity index (χ3v) is 5.97. The summed E-state index contributed by atoms with van der Waals surface area (Å²) in [7, 11) is 0. The van der Waals surface area contributed by atoms with Crippen LogP contribution in [0.25, 0.3) is 10.9 Å². The second kappa shape index (κ2) is 10.2. The molecule has 5 aromatic rings. The fourth-order valence-electron chi connectivity index (χ4n) is 4.03. The van der Waals surface area contributed by atoms with E-state index in [0.717, 1.165) is 38.9 Å². The third kappa shape index (κ3) is 5.28. The highest BCUT2D eigenvalue weighted by atomic mass is 16.1. The van der Waals surface area contributed by atoms with Crippen LogP contribution in [0.5, 0.6) is 0 Å². The fourth-order valence-corrected chi connectivity index (χ4v) is 4.03. The maximum atomic E-state index is 12.8. The molecule has 0 aliphatic carbocycles. The van der Waals surface area contributed by atoms with Crippen LogP contribution in [0, 0.1) is 0 Å². The Morgan fingerprint density at radius 1 is 0.889 bits per heavy atom. The molecule has 0 aliphatic heterocycles. The van der Waals surface area contributed by atoms with Crippen molar-refractivity contribution in [1.29, 1.82) is 0 Å². The number of carbonyl (C=O) groups is 1. The number of nitrogens with one attached hydrogen (secondary N) is 2. The van der Waals surface area contributed by atoms with Gasteiger partial charge in [0.15, 0.2) is 0 Å². The summed E-state index contributed by atoms with van der Waals surface area (Å²) in [5, 5.41) is 3.74. The number of aromatic nitrogens is 4. The zero-order valence-corrected chi connectivity index (χ0v) is 19.4. The van der Waals surface area contributed by atoms with Gasteiger partial charge < -0.3 is 16.0 Å². The number of rotatable bonds is 7. The van der Waals surface area contributed by atoms with Crippen LogP contribution in [0.4, 0.5) is 5.82 Å². The lowest BCUT2D eigenvalue weighted by molar-refractivity contribution is 0.0950. The molecular formula is C28H24N6O2. The minimum absolute atomic E-state index is 0.0693. The molecule has 1 amide bonds. The van der Waals surface area contributed by atoms with E-state index < -0.39 is 0 Å². The molecule has 4 N–H and O–H groups in total. The number of nitrogens with zero attached hydrogens (tertiary/aromatic N) is 3. The minimum Gasteiger partial charge on any atom is -0.383 e. The fraction of sp³-hybridized carbons (Fsp3) is 0.107. The minimum atomic E-state index is -0.177. The molecular weight excluding hydrogens is 452 g/mol. The van der Waals surface area contributed by atoms with Gasteiger partial charge in [0, 0.05) is 54.0 Å². The quantitative estimate of drug-likeness (QED) is 0.330. The van der Waals surface area contributed by atoms with Crippen LogP contribution in [0.15, 0.2) is 90.2 Å². The van der Waals surface area contributed by atoms with Crippen LogP contribution in [0.2, 0.25) is 0 Å². The molecule has 178 valence electrons. The van der Waals surface area contributed by atoms with Crippen molar-refractivity contribution in [2.24, 2.45) is 0 Å². The number of aromatic amines is 1. The molecule has 0 spiro atoms. The molecule has 0 unspecified atom stereocenters. The maximum Gasteiger partial charge on any atom is 0.251 e. The van der Waals surface area contributed by atoms with Crippen molar-refractivity contribution in [2.45, 2.75) is 19.4 Å². The second-order valence-electron chi connectivity index (χ2n) is 8.52. The zero-order valence-electron chi connectivity index (χ0n) is 19.4. The Labute approximate surface area is 207 Å². The van der Waals surface area contributed by atoms with Crippen molar-refractivity contribution < 1.29 is 4.79 Å². The Balaban J connectivity index is 1.22. The van der Waals surface area contributed by atoms with Crippen LogP contribution in [-0.2, 0) is 19.4 Å². The summed E-state index contributed by atoms with van der Waals surface area (Å²) in [6.07, 6.45) is 5.87. The number of fused-ring (bicyclic) bond motifs is 1. The number of H-pyrrole nitrogens is 1. The molecule has 8 nitrogen and oxygen atoms in total. The van der Waals surface area contributed by atoms with E-state index in [1.807, 2.05) is 54.6 Å². The van der Waals surface area contributed by atoms with E-state index in [1.54, 1.807) is 24.5 Å². The van der Waals surface area contributed by atoms with Gasteiger partial charge in [-0.25, -0.2) is 9.97 Å². The van der Waals surface area contributed by atoms with E-state index in [2.05, 4.69) is 25.3 Å². The number of anilines is 1. The van der Waals surface area contributed by atoms with Crippen molar-refractivity contribution in [1.82, 2.24) is 25.3 Å². The Kier molecular flexibility index (Phi) is 6.48. The molecule has 0 saturated carbocycles. The topological polar surface area (TPSA) is 127 Å². The molecule has 0 saturated heterocycles. The first-order valence-corrected chi connectivity index (χ1v) is 11.5. The van der Waals surface area contributed by atoms with Gasteiger partial charge in [0.2, 0.25) is 0 Å². The highest BCUT2D eigenvalue weighted by molar-refractivity contribution is 5.94.